The summed E-state index contributed by atoms with van der Waals surface area (Å²) in [6, 6.07) is 17.6. The van der Waals surface area contributed by atoms with Crippen molar-refractivity contribution in [3.05, 3.63) is 65.9 Å². The van der Waals surface area contributed by atoms with Crippen molar-refractivity contribution < 1.29 is 4.79 Å². The van der Waals surface area contributed by atoms with Gasteiger partial charge in [0.25, 0.3) is 0 Å². The highest BCUT2D eigenvalue weighted by molar-refractivity contribution is 5.78. The summed E-state index contributed by atoms with van der Waals surface area (Å²) < 4.78 is 0. The molecule has 1 amide bonds. The molecule has 0 spiro atoms. The van der Waals surface area contributed by atoms with Crippen molar-refractivity contribution in [3.8, 4) is 11.3 Å². The van der Waals surface area contributed by atoms with E-state index in [1.165, 1.54) is 17.7 Å². The summed E-state index contributed by atoms with van der Waals surface area (Å²) in [6.45, 7) is 4.44. The van der Waals surface area contributed by atoms with Crippen LogP contribution in [0.3, 0.4) is 0 Å². The zero-order valence-electron chi connectivity index (χ0n) is 19.4. The molecule has 5 rings (SSSR count). The maximum atomic E-state index is 11.6. The first-order valence-electron chi connectivity index (χ1n) is 11.5. The monoisotopic (exact) mass is 442 g/mol. The molecule has 2 fully saturated rings. The molecular weight excluding hydrogens is 412 g/mol. The molecule has 2 aliphatic rings. The molecule has 2 unspecified atom stereocenters. The summed E-state index contributed by atoms with van der Waals surface area (Å²) in [6.07, 6.45) is 3.41. The van der Waals surface area contributed by atoms with E-state index in [9.17, 15) is 4.79 Å². The maximum absolute atomic E-state index is 11.6. The number of anilines is 3. The van der Waals surface area contributed by atoms with Gasteiger partial charge in [0.2, 0.25) is 11.9 Å². The predicted octanol–water partition coefficient (Wildman–Crippen LogP) is 3.38. The van der Waals surface area contributed by atoms with Gasteiger partial charge in [-0.25, -0.2) is 9.97 Å². The molecule has 2 aliphatic heterocycles. The number of piperazine rings is 1. The molecule has 33 heavy (non-hydrogen) atoms. The lowest BCUT2D eigenvalue weighted by Crippen LogP contribution is -2.44. The van der Waals surface area contributed by atoms with Crippen LogP contribution in [-0.2, 0) is 11.2 Å². The van der Waals surface area contributed by atoms with Crippen LogP contribution in [0.5, 0.6) is 0 Å². The predicted molar refractivity (Wildman–Crippen MR) is 132 cm³/mol. The van der Waals surface area contributed by atoms with Crippen LogP contribution in [-0.4, -0.2) is 60.0 Å². The Balaban J connectivity index is 1.29. The fourth-order valence-electron chi connectivity index (χ4n) is 4.99. The number of carbonyl (C=O) groups is 1. The lowest BCUT2D eigenvalue weighted by Gasteiger charge is -2.34. The molecule has 1 aromatic heterocycles. The molecule has 0 saturated carbocycles. The summed E-state index contributed by atoms with van der Waals surface area (Å²) in [5.74, 6) is 0.568. The average Bonchev–Trinajstić information content (AvgIpc) is 3.39. The van der Waals surface area contributed by atoms with E-state index in [1.54, 1.807) is 13.2 Å². The quantitative estimate of drug-likeness (QED) is 0.610. The minimum absolute atomic E-state index is 0.00200. The lowest BCUT2D eigenvalue weighted by atomic mass is 10.1. The Kier molecular flexibility index (Phi) is 5.72. The van der Waals surface area contributed by atoms with Crippen molar-refractivity contribution in [2.75, 3.05) is 37.4 Å². The van der Waals surface area contributed by atoms with Crippen molar-refractivity contribution in [1.29, 1.82) is 0 Å². The zero-order valence-corrected chi connectivity index (χ0v) is 19.4. The number of aromatic nitrogens is 2. The van der Waals surface area contributed by atoms with Crippen LogP contribution in [0.1, 0.15) is 17.5 Å². The van der Waals surface area contributed by atoms with E-state index < -0.39 is 0 Å². The number of likely N-dealkylation sites (tertiary alicyclic amines) is 1. The highest BCUT2D eigenvalue weighted by atomic mass is 16.1. The number of fused-ring (bicyclic) bond motifs is 2. The molecule has 2 atom stereocenters. The van der Waals surface area contributed by atoms with Crippen LogP contribution in [0.2, 0.25) is 0 Å². The topological polar surface area (TPSA) is 73.4 Å². The van der Waals surface area contributed by atoms with Gasteiger partial charge in [-0.15, -0.1) is 0 Å². The van der Waals surface area contributed by atoms with Gasteiger partial charge < -0.3 is 15.5 Å². The Hall–Kier alpha value is -3.45. The van der Waals surface area contributed by atoms with Crippen molar-refractivity contribution in [1.82, 2.24) is 20.2 Å². The summed E-state index contributed by atoms with van der Waals surface area (Å²) in [4.78, 5) is 25.7. The molecule has 2 bridgehead atoms. The van der Waals surface area contributed by atoms with Gasteiger partial charge >= 0.3 is 0 Å². The zero-order chi connectivity index (χ0) is 22.9. The molecule has 3 aromatic rings. The second-order valence-electron chi connectivity index (χ2n) is 9.07. The van der Waals surface area contributed by atoms with Crippen molar-refractivity contribution in [2.24, 2.45) is 0 Å². The van der Waals surface area contributed by atoms with Crippen LogP contribution < -0.4 is 15.5 Å². The normalized spacial score (nSPS) is 19.7. The average molecular weight is 443 g/mol. The van der Waals surface area contributed by atoms with E-state index in [-0.39, 0.29) is 5.91 Å². The van der Waals surface area contributed by atoms with Crippen LogP contribution in [0.15, 0.2) is 54.7 Å². The maximum Gasteiger partial charge on any atom is 0.227 e. The van der Waals surface area contributed by atoms with Crippen molar-refractivity contribution in [3.63, 3.8) is 0 Å². The smallest absolute Gasteiger partial charge is 0.227 e. The number of nitrogens with zero attached hydrogens (tertiary/aromatic N) is 4. The van der Waals surface area contributed by atoms with E-state index in [4.69, 9.17) is 4.98 Å². The summed E-state index contributed by atoms with van der Waals surface area (Å²) in [7, 11) is 3.88. The second-order valence-corrected chi connectivity index (χ2v) is 9.07. The molecule has 7 heteroatoms. The summed E-state index contributed by atoms with van der Waals surface area (Å²) in [5, 5.41) is 6.01. The first-order valence-corrected chi connectivity index (χ1v) is 11.5. The van der Waals surface area contributed by atoms with E-state index >= 15 is 0 Å². The molecule has 2 N–H and O–H groups in total. The van der Waals surface area contributed by atoms with Gasteiger partial charge in [0, 0.05) is 55.4 Å². The molecule has 7 nitrogen and oxygen atoms in total. The number of likely N-dealkylation sites (N-methyl/N-ethyl adjacent to an activating group) is 2. The van der Waals surface area contributed by atoms with E-state index in [0.717, 1.165) is 35.6 Å². The van der Waals surface area contributed by atoms with E-state index in [0.29, 0.717) is 24.5 Å². The number of hydrogen-bond acceptors (Lipinski definition) is 6. The summed E-state index contributed by atoms with van der Waals surface area (Å²) >= 11 is 0. The Morgan fingerprint density at radius 3 is 2.58 bits per heavy atom. The van der Waals surface area contributed by atoms with Gasteiger partial charge in [-0.05, 0) is 55.8 Å². The van der Waals surface area contributed by atoms with Gasteiger partial charge in [0.15, 0.2) is 0 Å². The number of amides is 1. The summed E-state index contributed by atoms with van der Waals surface area (Å²) in [5.41, 5.74) is 6.37. The molecular formula is C26H30N6O. The highest BCUT2D eigenvalue weighted by Crippen LogP contribution is 2.36. The molecule has 170 valence electrons. The standard InChI is InChI=1S/C26H30N6O/c1-17-12-20(8-9-24(17)32-16-21-14-22(32)15-31(21)3)29-26-28-11-10-23(30-26)19-6-4-18(5-7-19)13-25(33)27-2/h4-12,21-22H,13-16H2,1-3H3,(H,27,33)(H,28,29,30). The number of aryl methyl sites for hydroxylation is 1. The Labute approximate surface area is 194 Å². The van der Waals surface area contributed by atoms with Crippen molar-refractivity contribution >= 4 is 23.2 Å². The second kappa shape index (κ2) is 8.83. The van der Waals surface area contributed by atoms with Crippen LogP contribution >= 0.6 is 0 Å². The van der Waals surface area contributed by atoms with Gasteiger partial charge in [-0.3, -0.25) is 9.69 Å². The van der Waals surface area contributed by atoms with Gasteiger partial charge in [0.1, 0.15) is 0 Å². The number of rotatable bonds is 6. The third-order valence-electron chi connectivity index (χ3n) is 6.83. The van der Waals surface area contributed by atoms with E-state index in [1.807, 2.05) is 30.3 Å². The Morgan fingerprint density at radius 2 is 1.91 bits per heavy atom. The number of carbonyl (C=O) groups excluding carboxylic acids is 1. The van der Waals surface area contributed by atoms with E-state index in [2.05, 4.69) is 57.6 Å². The lowest BCUT2D eigenvalue weighted by molar-refractivity contribution is -0.119. The van der Waals surface area contributed by atoms with Gasteiger partial charge in [-0.2, -0.15) is 0 Å². The van der Waals surface area contributed by atoms with Crippen LogP contribution in [0, 0.1) is 6.92 Å². The molecule has 3 heterocycles. The fourth-order valence-corrected chi connectivity index (χ4v) is 4.99. The minimum Gasteiger partial charge on any atom is -0.365 e. The van der Waals surface area contributed by atoms with Gasteiger partial charge in [0.05, 0.1) is 12.1 Å². The number of benzene rings is 2. The molecule has 0 radical (unpaired) electrons. The highest BCUT2D eigenvalue weighted by Gasteiger charge is 2.41. The Bertz CT molecular complexity index is 1160. The minimum atomic E-state index is 0.00200. The fraction of sp³-hybridized carbons (Fsp3) is 0.346. The Morgan fingerprint density at radius 1 is 1.09 bits per heavy atom. The number of hydrogen-bond donors (Lipinski definition) is 2. The molecule has 2 aromatic carbocycles. The first-order chi connectivity index (χ1) is 16.0. The van der Waals surface area contributed by atoms with Crippen LogP contribution in [0.25, 0.3) is 11.3 Å². The first kappa shape index (κ1) is 21.4. The largest absolute Gasteiger partial charge is 0.365 e. The third kappa shape index (κ3) is 4.41. The molecule has 2 saturated heterocycles. The SMILES string of the molecule is CNC(=O)Cc1ccc(-c2ccnc(Nc3ccc(N4CC5CC4CN5C)c(C)c3)n2)cc1. The third-order valence-corrected chi connectivity index (χ3v) is 6.83. The molecule has 0 aliphatic carbocycles. The van der Waals surface area contributed by atoms with Gasteiger partial charge in [-0.1, -0.05) is 24.3 Å². The van der Waals surface area contributed by atoms with Crippen molar-refractivity contribution in [2.45, 2.75) is 31.8 Å². The number of nitrogens with one attached hydrogen (secondary N) is 2. The van der Waals surface area contributed by atoms with Crippen LogP contribution in [0.4, 0.5) is 17.3 Å².